The molecule has 2 aliphatic rings. The summed E-state index contributed by atoms with van der Waals surface area (Å²) in [7, 11) is 0. The van der Waals surface area contributed by atoms with Gasteiger partial charge in [0.15, 0.2) is 0 Å². The summed E-state index contributed by atoms with van der Waals surface area (Å²) in [5.41, 5.74) is 0.822. The SMILES string of the molecule is CC(C)c1nc(-c2noc(CC3CC4CCC3O4)n2)cs1. The second-order valence-corrected chi connectivity index (χ2v) is 7.20. The van der Waals surface area contributed by atoms with Gasteiger partial charge in [-0.2, -0.15) is 4.98 Å². The Morgan fingerprint density at radius 1 is 1.33 bits per heavy atom. The maximum Gasteiger partial charge on any atom is 0.227 e. The molecule has 2 bridgehead atoms. The van der Waals surface area contributed by atoms with Gasteiger partial charge in [-0.25, -0.2) is 4.98 Å². The predicted molar refractivity (Wildman–Crippen MR) is 79.2 cm³/mol. The first-order valence-corrected chi connectivity index (χ1v) is 8.51. The summed E-state index contributed by atoms with van der Waals surface area (Å²) in [4.78, 5) is 9.08. The maximum atomic E-state index is 5.88. The van der Waals surface area contributed by atoms with Gasteiger partial charge in [-0.3, -0.25) is 0 Å². The van der Waals surface area contributed by atoms with Gasteiger partial charge in [0.2, 0.25) is 11.7 Å². The quantitative estimate of drug-likeness (QED) is 0.866. The number of nitrogens with zero attached hydrogens (tertiary/aromatic N) is 3. The molecule has 0 spiro atoms. The third kappa shape index (κ3) is 2.51. The standard InChI is InChI=1S/C15H19N3O2S/c1-8(2)15-16-11(7-21-15)14-17-13(20-18-14)6-9-5-10-3-4-12(9)19-10/h7-10,12H,3-6H2,1-2H3. The van der Waals surface area contributed by atoms with Gasteiger partial charge in [0.25, 0.3) is 0 Å². The molecular weight excluding hydrogens is 286 g/mol. The number of hydrogen-bond acceptors (Lipinski definition) is 6. The van der Waals surface area contributed by atoms with Crippen molar-refractivity contribution in [3.63, 3.8) is 0 Å². The molecule has 2 aromatic rings. The highest BCUT2D eigenvalue weighted by atomic mass is 32.1. The van der Waals surface area contributed by atoms with Gasteiger partial charge >= 0.3 is 0 Å². The van der Waals surface area contributed by atoms with Crippen LogP contribution in [0.25, 0.3) is 11.5 Å². The lowest BCUT2D eigenvalue weighted by Gasteiger charge is -2.15. The summed E-state index contributed by atoms with van der Waals surface area (Å²) in [5, 5.41) is 7.19. The van der Waals surface area contributed by atoms with Crippen LogP contribution in [0.5, 0.6) is 0 Å². The first-order valence-electron chi connectivity index (χ1n) is 7.63. The highest BCUT2D eigenvalue weighted by Gasteiger charge is 2.41. The highest BCUT2D eigenvalue weighted by molar-refractivity contribution is 7.10. The van der Waals surface area contributed by atoms with Crippen LogP contribution in [0.4, 0.5) is 0 Å². The van der Waals surface area contributed by atoms with E-state index in [1.165, 1.54) is 12.8 Å². The predicted octanol–water partition coefficient (Wildman–Crippen LogP) is 3.43. The molecule has 0 radical (unpaired) electrons. The third-order valence-corrected chi connectivity index (χ3v) is 5.53. The summed E-state index contributed by atoms with van der Waals surface area (Å²) in [6, 6.07) is 0. The molecule has 0 amide bonds. The molecule has 4 rings (SSSR count). The fourth-order valence-electron chi connectivity index (χ4n) is 3.28. The normalized spacial score (nSPS) is 27.9. The number of hydrogen-bond donors (Lipinski definition) is 0. The number of thiazole rings is 1. The minimum absolute atomic E-state index is 0.400. The topological polar surface area (TPSA) is 61.0 Å². The Hall–Kier alpha value is -1.27. The fraction of sp³-hybridized carbons (Fsp3) is 0.667. The molecule has 3 atom stereocenters. The molecule has 21 heavy (non-hydrogen) atoms. The Labute approximate surface area is 127 Å². The van der Waals surface area contributed by atoms with Crippen LogP contribution in [0.2, 0.25) is 0 Å². The van der Waals surface area contributed by atoms with E-state index in [4.69, 9.17) is 9.26 Å². The second kappa shape index (κ2) is 5.18. The van der Waals surface area contributed by atoms with Crippen molar-refractivity contribution in [3.05, 3.63) is 16.3 Å². The van der Waals surface area contributed by atoms with E-state index >= 15 is 0 Å². The molecule has 0 saturated carbocycles. The first kappa shape index (κ1) is 13.4. The number of fused-ring (bicyclic) bond motifs is 2. The lowest BCUT2D eigenvalue weighted by Crippen LogP contribution is -2.18. The summed E-state index contributed by atoms with van der Waals surface area (Å²) in [6.07, 6.45) is 5.23. The molecule has 0 aromatic carbocycles. The van der Waals surface area contributed by atoms with E-state index < -0.39 is 0 Å². The van der Waals surface area contributed by atoms with E-state index in [2.05, 4.69) is 29.0 Å². The molecule has 0 N–H and O–H groups in total. The van der Waals surface area contributed by atoms with Gasteiger partial charge in [0.05, 0.1) is 17.2 Å². The average molecular weight is 305 g/mol. The van der Waals surface area contributed by atoms with Crippen LogP contribution in [-0.4, -0.2) is 27.3 Å². The van der Waals surface area contributed by atoms with Crippen molar-refractivity contribution in [3.8, 4) is 11.5 Å². The molecule has 6 heteroatoms. The minimum Gasteiger partial charge on any atom is -0.375 e. The van der Waals surface area contributed by atoms with E-state index in [1.807, 2.05) is 5.38 Å². The Morgan fingerprint density at radius 3 is 2.90 bits per heavy atom. The van der Waals surface area contributed by atoms with Crippen molar-refractivity contribution in [1.82, 2.24) is 15.1 Å². The average Bonchev–Trinajstić information content (AvgIpc) is 3.23. The van der Waals surface area contributed by atoms with Gasteiger partial charge in [-0.05, 0) is 25.2 Å². The van der Waals surface area contributed by atoms with Crippen LogP contribution in [0.15, 0.2) is 9.90 Å². The highest BCUT2D eigenvalue weighted by Crippen LogP contribution is 2.40. The van der Waals surface area contributed by atoms with Gasteiger partial charge in [0, 0.05) is 17.7 Å². The molecule has 2 saturated heterocycles. The van der Waals surface area contributed by atoms with E-state index in [9.17, 15) is 0 Å². The largest absolute Gasteiger partial charge is 0.375 e. The zero-order valence-electron chi connectivity index (χ0n) is 12.3. The third-order valence-electron chi connectivity index (χ3n) is 4.38. The van der Waals surface area contributed by atoms with Crippen LogP contribution in [0, 0.1) is 5.92 Å². The van der Waals surface area contributed by atoms with Crippen molar-refractivity contribution in [2.24, 2.45) is 5.92 Å². The Morgan fingerprint density at radius 2 is 2.24 bits per heavy atom. The van der Waals surface area contributed by atoms with E-state index in [1.54, 1.807) is 11.3 Å². The molecule has 2 aromatic heterocycles. The molecule has 4 heterocycles. The molecule has 2 fully saturated rings. The summed E-state index contributed by atoms with van der Waals surface area (Å²) in [5.74, 6) is 2.29. The molecule has 112 valence electrons. The summed E-state index contributed by atoms with van der Waals surface area (Å²) < 4.78 is 11.3. The smallest absolute Gasteiger partial charge is 0.227 e. The van der Waals surface area contributed by atoms with Crippen molar-refractivity contribution >= 4 is 11.3 Å². The van der Waals surface area contributed by atoms with Crippen LogP contribution in [0.1, 0.15) is 49.9 Å². The summed E-state index contributed by atoms with van der Waals surface area (Å²) in [6.45, 7) is 4.28. The van der Waals surface area contributed by atoms with Gasteiger partial charge in [-0.15, -0.1) is 11.3 Å². The van der Waals surface area contributed by atoms with Gasteiger partial charge in [0.1, 0.15) is 5.69 Å². The Bertz CT molecular complexity index is 636. The van der Waals surface area contributed by atoms with Crippen LogP contribution in [0.3, 0.4) is 0 Å². The second-order valence-electron chi connectivity index (χ2n) is 6.31. The van der Waals surface area contributed by atoms with Crippen molar-refractivity contribution < 1.29 is 9.26 Å². The number of aromatic nitrogens is 3. The van der Waals surface area contributed by atoms with E-state index in [0.29, 0.717) is 35.8 Å². The lowest BCUT2D eigenvalue weighted by atomic mass is 9.87. The molecular formula is C15H19N3O2S. The zero-order valence-corrected chi connectivity index (χ0v) is 13.1. The molecule has 3 unspecified atom stereocenters. The number of rotatable bonds is 4. The monoisotopic (exact) mass is 305 g/mol. The van der Waals surface area contributed by atoms with Crippen LogP contribution >= 0.6 is 11.3 Å². The lowest BCUT2D eigenvalue weighted by molar-refractivity contribution is 0.0913. The zero-order chi connectivity index (χ0) is 14.4. The van der Waals surface area contributed by atoms with Gasteiger partial charge < -0.3 is 9.26 Å². The molecule has 0 aliphatic carbocycles. The van der Waals surface area contributed by atoms with Crippen molar-refractivity contribution in [2.75, 3.05) is 0 Å². The number of ether oxygens (including phenoxy) is 1. The Kier molecular flexibility index (Phi) is 3.30. The molecule has 2 aliphatic heterocycles. The van der Waals surface area contributed by atoms with Crippen molar-refractivity contribution in [1.29, 1.82) is 0 Å². The Balaban J connectivity index is 1.47. The fourth-order valence-corrected chi connectivity index (χ4v) is 4.09. The first-order chi connectivity index (χ1) is 10.2. The minimum atomic E-state index is 0.400. The van der Waals surface area contributed by atoms with Crippen LogP contribution < -0.4 is 0 Å². The van der Waals surface area contributed by atoms with E-state index in [0.717, 1.165) is 23.5 Å². The van der Waals surface area contributed by atoms with Gasteiger partial charge in [-0.1, -0.05) is 19.0 Å². The molecule has 5 nitrogen and oxygen atoms in total. The summed E-state index contributed by atoms with van der Waals surface area (Å²) >= 11 is 1.65. The van der Waals surface area contributed by atoms with E-state index in [-0.39, 0.29) is 0 Å². The van der Waals surface area contributed by atoms with Crippen LogP contribution in [-0.2, 0) is 11.2 Å². The maximum absolute atomic E-state index is 5.88. The van der Waals surface area contributed by atoms with Crippen molar-refractivity contribution in [2.45, 2.75) is 57.7 Å².